The molecule has 0 radical (unpaired) electrons. The first kappa shape index (κ1) is 14.8. The van der Waals surface area contributed by atoms with Crippen LogP contribution in [0.25, 0.3) is 0 Å². The van der Waals surface area contributed by atoms with Gasteiger partial charge >= 0.3 is 6.18 Å². The maximum atomic E-state index is 12.6. The fourth-order valence-corrected chi connectivity index (χ4v) is 2.71. The Labute approximate surface area is 125 Å². The van der Waals surface area contributed by atoms with E-state index in [0.29, 0.717) is 11.6 Å². The van der Waals surface area contributed by atoms with Crippen LogP contribution < -0.4 is 4.90 Å². The summed E-state index contributed by atoms with van der Waals surface area (Å²) >= 11 is 0. The zero-order valence-corrected chi connectivity index (χ0v) is 12.1. The number of aryl methyl sites for hydroxylation is 1. The average Bonchev–Trinajstić information content (AvgIpc) is 2.93. The summed E-state index contributed by atoms with van der Waals surface area (Å²) in [7, 11) is 0. The minimum atomic E-state index is -4.37. The number of halogens is 3. The van der Waals surface area contributed by atoms with Crippen molar-refractivity contribution < 1.29 is 13.2 Å². The average molecular weight is 311 g/mol. The molecule has 3 heterocycles. The second-order valence-corrected chi connectivity index (χ2v) is 5.39. The predicted molar refractivity (Wildman–Crippen MR) is 74.3 cm³/mol. The molecule has 1 saturated heterocycles. The topological polar surface area (TPSA) is 57.7 Å². The lowest BCUT2D eigenvalue weighted by atomic mass is 10.0. The van der Waals surface area contributed by atoms with Crippen LogP contribution in [0.4, 0.5) is 19.0 Å². The molecule has 0 unspecified atom stereocenters. The molecule has 2 aromatic heterocycles. The van der Waals surface area contributed by atoms with Crippen molar-refractivity contribution >= 4 is 5.82 Å². The van der Waals surface area contributed by atoms with E-state index in [1.807, 2.05) is 11.8 Å². The minimum Gasteiger partial charge on any atom is -0.346 e. The standard InChI is InChI=1S/C14H16F3N5/c1-9-19-13(21-20-9)11-4-2-3-7-22(11)12-6-5-10(8-18-12)14(15,16)17/h5-6,8,11H,2-4,7H2,1H3,(H,19,20,21)/t11-/m0/s1. The summed E-state index contributed by atoms with van der Waals surface area (Å²) in [5, 5.41) is 7.00. The molecule has 1 fully saturated rings. The third-order valence-electron chi connectivity index (χ3n) is 3.78. The number of piperidine rings is 1. The molecule has 0 saturated carbocycles. The van der Waals surface area contributed by atoms with E-state index in [1.165, 1.54) is 6.07 Å². The van der Waals surface area contributed by atoms with E-state index >= 15 is 0 Å². The molecule has 1 aliphatic rings. The van der Waals surface area contributed by atoms with Crippen molar-refractivity contribution in [3.8, 4) is 0 Å². The molecule has 0 spiro atoms. The highest BCUT2D eigenvalue weighted by atomic mass is 19.4. The second-order valence-electron chi connectivity index (χ2n) is 5.39. The number of nitrogens with zero attached hydrogens (tertiary/aromatic N) is 4. The molecule has 0 aromatic carbocycles. The molecule has 118 valence electrons. The van der Waals surface area contributed by atoms with Crippen LogP contribution >= 0.6 is 0 Å². The lowest BCUT2D eigenvalue weighted by Crippen LogP contribution is -2.34. The Bertz CT molecular complexity index is 635. The molecule has 8 heteroatoms. The Balaban J connectivity index is 1.87. The fraction of sp³-hybridized carbons (Fsp3) is 0.500. The van der Waals surface area contributed by atoms with Gasteiger partial charge in [0.25, 0.3) is 0 Å². The van der Waals surface area contributed by atoms with Crippen LogP contribution in [0.3, 0.4) is 0 Å². The van der Waals surface area contributed by atoms with E-state index in [4.69, 9.17) is 0 Å². The number of aromatic nitrogens is 4. The Morgan fingerprint density at radius 1 is 1.27 bits per heavy atom. The van der Waals surface area contributed by atoms with Gasteiger partial charge in [0.2, 0.25) is 0 Å². The van der Waals surface area contributed by atoms with Crippen LogP contribution in [0.15, 0.2) is 18.3 Å². The summed E-state index contributed by atoms with van der Waals surface area (Å²) in [5.41, 5.74) is -0.737. The van der Waals surface area contributed by atoms with Crippen molar-refractivity contribution in [2.75, 3.05) is 11.4 Å². The highest BCUT2D eigenvalue weighted by Gasteiger charge is 2.32. The molecule has 2 aromatic rings. The third-order valence-corrected chi connectivity index (χ3v) is 3.78. The van der Waals surface area contributed by atoms with Gasteiger partial charge in [-0.25, -0.2) is 9.97 Å². The van der Waals surface area contributed by atoms with Gasteiger partial charge in [-0.2, -0.15) is 18.3 Å². The first-order valence-electron chi connectivity index (χ1n) is 7.14. The highest BCUT2D eigenvalue weighted by molar-refractivity contribution is 5.42. The fourth-order valence-electron chi connectivity index (χ4n) is 2.71. The maximum absolute atomic E-state index is 12.6. The van der Waals surface area contributed by atoms with Crippen molar-refractivity contribution in [3.05, 3.63) is 35.5 Å². The summed E-state index contributed by atoms with van der Waals surface area (Å²) in [4.78, 5) is 10.3. The predicted octanol–water partition coefficient (Wildman–Crippen LogP) is 3.26. The first-order valence-corrected chi connectivity index (χ1v) is 7.14. The number of aromatic amines is 1. The molecule has 1 N–H and O–H groups in total. The molecule has 3 rings (SSSR count). The van der Waals surface area contributed by atoms with E-state index in [1.54, 1.807) is 0 Å². The molecule has 1 aliphatic heterocycles. The largest absolute Gasteiger partial charge is 0.417 e. The first-order chi connectivity index (χ1) is 10.4. The van der Waals surface area contributed by atoms with E-state index < -0.39 is 11.7 Å². The van der Waals surface area contributed by atoms with Gasteiger partial charge < -0.3 is 4.90 Å². The quantitative estimate of drug-likeness (QED) is 0.925. The number of rotatable bonds is 2. The summed E-state index contributed by atoms with van der Waals surface area (Å²) in [6.07, 6.45) is -0.615. The molecule has 22 heavy (non-hydrogen) atoms. The Kier molecular flexibility index (Phi) is 3.76. The van der Waals surface area contributed by atoms with Gasteiger partial charge in [-0.05, 0) is 38.3 Å². The van der Waals surface area contributed by atoms with Crippen LogP contribution in [0.5, 0.6) is 0 Å². The van der Waals surface area contributed by atoms with Gasteiger partial charge in [0.15, 0.2) is 5.82 Å². The molecule has 5 nitrogen and oxygen atoms in total. The van der Waals surface area contributed by atoms with Gasteiger partial charge in [-0.3, -0.25) is 5.10 Å². The van der Waals surface area contributed by atoms with E-state index in [-0.39, 0.29) is 6.04 Å². The lowest BCUT2D eigenvalue weighted by Gasteiger charge is -2.35. The van der Waals surface area contributed by atoms with Crippen LogP contribution in [0.1, 0.15) is 42.5 Å². The second kappa shape index (κ2) is 5.58. The van der Waals surface area contributed by atoms with Crippen molar-refractivity contribution in [1.29, 1.82) is 0 Å². The smallest absolute Gasteiger partial charge is 0.346 e. The van der Waals surface area contributed by atoms with Crippen molar-refractivity contribution in [3.63, 3.8) is 0 Å². The molecular formula is C14H16F3N5. The maximum Gasteiger partial charge on any atom is 0.417 e. The number of hydrogen-bond donors (Lipinski definition) is 1. The third kappa shape index (κ3) is 2.90. The molecule has 0 bridgehead atoms. The van der Waals surface area contributed by atoms with Crippen LogP contribution in [0, 0.1) is 6.92 Å². The Morgan fingerprint density at radius 3 is 2.68 bits per heavy atom. The summed E-state index contributed by atoms with van der Waals surface area (Å²) < 4.78 is 37.9. The number of alkyl halides is 3. The Hall–Kier alpha value is -2.12. The number of nitrogens with one attached hydrogen (secondary N) is 1. The lowest BCUT2D eigenvalue weighted by molar-refractivity contribution is -0.137. The zero-order valence-electron chi connectivity index (χ0n) is 12.1. The van der Waals surface area contributed by atoms with E-state index in [0.717, 1.165) is 43.9 Å². The molecule has 0 aliphatic carbocycles. The van der Waals surface area contributed by atoms with E-state index in [2.05, 4.69) is 20.2 Å². The summed E-state index contributed by atoms with van der Waals surface area (Å²) in [5.74, 6) is 1.92. The van der Waals surface area contributed by atoms with E-state index in [9.17, 15) is 13.2 Å². The van der Waals surface area contributed by atoms with Crippen molar-refractivity contribution in [2.45, 2.75) is 38.4 Å². The minimum absolute atomic E-state index is 0.0528. The Morgan fingerprint density at radius 2 is 2.09 bits per heavy atom. The molecule has 0 amide bonds. The van der Waals surface area contributed by atoms with Gasteiger partial charge in [-0.1, -0.05) is 0 Å². The number of H-pyrrole nitrogens is 1. The van der Waals surface area contributed by atoms with Crippen LogP contribution in [-0.2, 0) is 6.18 Å². The summed E-state index contributed by atoms with van der Waals surface area (Å²) in [6.45, 7) is 2.55. The monoisotopic (exact) mass is 311 g/mol. The van der Waals surface area contributed by atoms with Crippen LogP contribution in [0.2, 0.25) is 0 Å². The summed E-state index contributed by atoms with van der Waals surface area (Å²) in [6, 6.07) is 2.43. The van der Waals surface area contributed by atoms with Gasteiger partial charge in [-0.15, -0.1) is 0 Å². The highest BCUT2D eigenvalue weighted by Crippen LogP contribution is 2.34. The number of hydrogen-bond acceptors (Lipinski definition) is 4. The number of pyridine rings is 1. The van der Waals surface area contributed by atoms with Crippen molar-refractivity contribution in [1.82, 2.24) is 20.2 Å². The number of anilines is 1. The normalized spacial score (nSPS) is 19.5. The SMILES string of the molecule is Cc1nc([C@@H]2CCCCN2c2ccc(C(F)(F)F)cn2)n[nH]1. The van der Waals surface area contributed by atoms with Crippen LogP contribution in [-0.4, -0.2) is 26.7 Å². The molecule has 1 atom stereocenters. The molecular weight excluding hydrogens is 295 g/mol. The van der Waals surface area contributed by atoms with Crippen molar-refractivity contribution in [2.24, 2.45) is 0 Å². The van der Waals surface area contributed by atoms with Gasteiger partial charge in [0.1, 0.15) is 11.6 Å². The van der Waals surface area contributed by atoms with Gasteiger partial charge in [0, 0.05) is 12.7 Å². The van der Waals surface area contributed by atoms with Gasteiger partial charge in [0.05, 0.1) is 11.6 Å². The zero-order chi connectivity index (χ0) is 15.7.